The zero-order chi connectivity index (χ0) is 19.8. The maximum atomic E-state index is 14.2. The average Bonchev–Trinajstić information content (AvgIpc) is 3.11. The summed E-state index contributed by atoms with van der Waals surface area (Å²) in [5.74, 6) is 0.809. The van der Waals surface area contributed by atoms with Crippen molar-refractivity contribution in [3.05, 3.63) is 80.4 Å². The summed E-state index contributed by atoms with van der Waals surface area (Å²) < 4.78 is 20.9. The number of fused-ring (bicyclic) bond motifs is 1. The summed E-state index contributed by atoms with van der Waals surface area (Å²) in [7, 11) is 1.61. The van der Waals surface area contributed by atoms with Crippen molar-refractivity contribution in [3.63, 3.8) is 0 Å². The van der Waals surface area contributed by atoms with Crippen LogP contribution in [0.25, 0.3) is 21.3 Å². The fraction of sp³-hybridized carbons (Fsp3) is 0.143. The van der Waals surface area contributed by atoms with E-state index in [9.17, 15) is 9.18 Å². The Morgan fingerprint density at radius 2 is 1.96 bits per heavy atom. The average molecular weight is 415 g/mol. The van der Waals surface area contributed by atoms with Crippen LogP contribution in [0.15, 0.2) is 52.6 Å². The highest BCUT2D eigenvalue weighted by Gasteiger charge is 2.17. The van der Waals surface area contributed by atoms with Gasteiger partial charge in [0.05, 0.1) is 19.0 Å². The number of ether oxygens (including phenoxy) is 1. The molecule has 4 aromatic rings. The topological polar surface area (TPSA) is 44.1 Å². The minimum Gasteiger partial charge on any atom is -0.497 e. The molecule has 28 heavy (non-hydrogen) atoms. The highest BCUT2D eigenvalue weighted by Crippen LogP contribution is 2.32. The van der Waals surface area contributed by atoms with Gasteiger partial charge in [0, 0.05) is 21.5 Å². The minimum atomic E-state index is -0.445. The van der Waals surface area contributed by atoms with Gasteiger partial charge in [-0.25, -0.2) is 9.37 Å². The molecule has 7 heteroatoms. The van der Waals surface area contributed by atoms with Crippen LogP contribution in [0.4, 0.5) is 4.39 Å². The fourth-order valence-electron chi connectivity index (χ4n) is 3.14. The van der Waals surface area contributed by atoms with Crippen LogP contribution in [-0.2, 0) is 6.54 Å². The smallest absolute Gasteiger partial charge is 0.263 e. The number of aryl methyl sites for hydroxylation is 1. The molecule has 0 bridgehead atoms. The van der Waals surface area contributed by atoms with Crippen LogP contribution in [0.2, 0.25) is 5.02 Å². The summed E-state index contributed by atoms with van der Waals surface area (Å²) in [5.41, 5.74) is 1.75. The molecule has 142 valence electrons. The predicted molar refractivity (Wildman–Crippen MR) is 111 cm³/mol. The number of aromatic nitrogens is 2. The molecule has 0 unspecified atom stereocenters. The van der Waals surface area contributed by atoms with Crippen molar-refractivity contribution in [1.82, 2.24) is 9.55 Å². The maximum absolute atomic E-state index is 14.2. The molecule has 4 rings (SSSR count). The molecule has 4 nitrogen and oxygen atoms in total. The molecule has 0 aliphatic rings. The summed E-state index contributed by atoms with van der Waals surface area (Å²) in [5, 5.41) is 2.72. The highest BCUT2D eigenvalue weighted by atomic mass is 35.5. The molecule has 0 N–H and O–H groups in total. The van der Waals surface area contributed by atoms with E-state index in [1.54, 1.807) is 26.2 Å². The van der Waals surface area contributed by atoms with Crippen LogP contribution in [0.5, 0.6) is 5.75 Å². The quantitative estimate of drug-likeness (QED) is 0.456. The van der Waals surface area contributed by atoms with E-state index in [-0.39, 0.29) is 22.7 Å². The van der Waals surface area contributed by atoms with Gasteiger partial charge in [-0.15, -0.1) is 11.3 Å². The summed E-state index contributed by atoms with van der Waals surface area (Å²) in [6.45, 7) is 1.76. The van der Waals surface area contributed by atoms with E-state index in [2.05, 4.69) is 4.98 Å². The number of thiophene rings is 1. The van der Waals surface area contributed by atoms with Gasteiger partial charge in [-0.1, -0.05) is 29.8 Å². The number of rotatable bonds is 4. The van der Waals surface area contributed by atoms with Crippen molar-refractivity contribution in [2.24, 2.45) is 0 Å². The monoisotopic (exact) mass is 414 g/mol. The molecule has 0 amide bonds. The zero-order valence-corrected chi connectivity index (χ0v) is 16.8. The summed E-state index contributed by atoms with van der Waals surface area (Å²) in [6, 6.07) is 12.0. The molecule has 0 saturated heterocycles. The first-order valence-corrected chi connectivity index (χ1v) is 9.81. The molecule has 2 aromatic carbocycles. The number of methoxy groups -OCH3 is 1. The van der Waals surface area contributed by atoms with Crippen LogP contribution in [-0.4, -0.2) is 16.7 Å². The second-order valence-corrected chi connectivity index (χ2v) is 7.57. The lowest BCUT2D eigenvalue weighted by Crippen LogP contribution is -2.24. The Bertz CT molecular complexity index is 1210. The highest BCUT2D eigenvalue weighted by molar-refractivity contribution is 7.17. The van der Waals surface area contributed by atoms with Crippen LogP contribution < -0.4 is 10.3 Å². The predicted octanol–water partition coefficient (Wildman–Crippen LogP) is 5.28. The SMILES string of the molecule is COc1ccc(-c2csc3nc(C)n(Cc4c(F)cccc4Cl)c(=O)c23)cc1. The molecule has 0 spiro atoms. The van der Waals surface area contributed by atoms with E-state index in [0.29, 0.717) is 16.0 Å². The van der Waals surface area contributed by atoms with E-state index in [0.717, 1.165) is 16.9 Å². The van der Waals surface area contributed by atoms with Gasteiger partial charge in [0.25, 0.3) is 5.56 Å². The van der Waals surface area contributed by atoms with Crippen molar-refractivity contribution in [2.45, 2.75) is 13.5 Å². The number of halogens is 2. The van der Waals surface area contributed by atoms with Crippen molar-refractivity contribution in [1.29, 1.82) is 0 Å². The lowest BCUT2D eigenvalue weighted by Gasteiger charge is -2.12. The third kappa shape index (κ3) is 3.19. The number of hydrogen-bond acceptors (Lipinski definition) is 4. The Hall–Kier alpha value is -2.70. The Kier molecular flexibility index (Phi) is 4.91. The minimum absolute atomic E-state index is 0.0248. The van der Waals surface area contributed by atoms with Gasteiger partial charge >= 0.3 is 0 Å². The Morgan fingerprint density at radius 3 is 2.64 bits per heavy atom. The van der Waals surface area contributed by atoms with Gasteiger partial charge in [-0.2, -0.15) is 0 Å². The van der Waals surface area contributed by atoms with Gasteiger partial charge in [-0.05, 0) is 36.8 Å². The standard InChI is InChI=1S/C21H16ClFN2O2S/c1-12-24-20-19(16(11-28-20)13-6-8-14(27-2)9-7-13)21(26)25(12)10-15-17(22)4-3-5-18(15)23/h3-9,11H,10H2,1-2H3. The normalized spacial score (nSPS) is 11.1. The molecule has 2 aromatic heterocycles. The lowest BCUT2D eigenvalue weighted by atomic mass is 10.1. The largest absolute Gasteiger partial charge is 0.497 e. The molecular weight excluding hydrogens is 399 g/mol. The maximum Gasteiger partial charge on any atom is 0.263 e. The van der Waals surface area contributed by atoms with E-state index < -0.39 is 5.82 Å². The second kappa shape index (κ2) is 7.37. The van der Waals surface area contributed by atoms with Crippen molar-refractivity contribution >= 4 is 33.2 Å². The first kappa shape index (κ1) is 18.7. The van der Waals surface area contributed by atoms with Crippen LogP contribution >= 0.6 is 22.9 Å². The van der Waals surface area contributed by atoms with Gasteiger partial charge in [0.1, 0.15) is 22.2 Å². The summed E-state index contributed by atoms with van der Waals surface area (Å²) in [6.07, 6.45) is 0. The molecular formula is C21H16ClFN2O2S. The molecule has 0 aliphatic carbocycles. The molecule has 0 saturated carbocycles. The Balaban J connectivity index is 1.88. The molecule has 0 fully saturated rings. The first-order chi connectivity index (χ1) is 13.5. The second-order valence-electron chi connectivity index (χ2n) is 6.31. The molecule has 0 atom stereocenters. The van der Waals surface area contributed by atoms with Gasteiger partial charge in [0.2, 0.25) is 0 Å². The van der Waals surface area contributed by atoms with Gasteiger partial charge in [0.15, 0.2) is 0 Å². The van der Waals surface area contributed by atoms with Crippen LogP contribution in [0.3, 0.4) is 0 Å². The molecule has 0 radical (unpaired) electrons. The lowest BCUT2D eigenvalue weighted by molar-refractivity contribution is 0.415. The first-order valence-electron chi connectivity index (χ1n) is 8.55. The van der Waals surface area contributed by atoms with E-state index >= 15 is 0 Å². The summed E-state index contributed by atoms with van der Waals surface area (Å²) >= 11 is 7.56. The summed E-state index contributed by atoms with van der Waals surface area (Å²) in [4.78, 5) is 18.5. The number of hydrogen-bond donors (Lipinski definition) is 0. The van der Waals surface area contributed by atoms with Gasteiger partial charge in [-0.3, -0.25) is 9.36 Å². The molecule has 0 aliphatic heterocycles. The van der Waals surface area contributed by atoms with Crippen molar-refractivity contribution in [2.75, 3.05) is 7.11 Å². The molecule has 2 heterocycles. The fourth-order valence-corrected chi connectivity index (χ4v) is 4.34. The third-order valence-corrected chi connectivity index (χ3v) is 5.89. The van der Waals surface area contributed by atoms with Crippen LogP contribution in [0, 0.1) is 12.7 Å². The van der Waals surface area contributed by atoms with E-state index in [1.807, 2.05) is 29.6 Å². The van der Waals surface area contributed by atoms with E-state index in [1.165, 1.54) is 22.0 Å². The zero-order valence-electron chi connectivity index (χ0n) is 15.2. The van der Waals surface area contributed by atoms with Gasteiger partial charge < -0.3 is 4.74 Å². The van der Waals surface area contributed by atoms with Crippen molar-refractivity contribution < 1.29 is 9.13 Å². The Morgan fingerprint density at radius 1 is 1.21 bits per heavy atom. The van der Waals surface area contributed by atoms with E-state index in [4.69, 9.17) is 16.3 Å². The Labute approximate surface area is 169 Å². The number of benzene rings is 2. The third-order valence-electron chi connectivity index (χ3n) is 4.66. The van der Waals surface area contributed by atoms with Crippen LogP contribution in [0.1, 0.15) is 11.4 Å². The number of nitrogens with zero attached hydrogens (tertiary/aromatic N) is 2. The van der Waals surface area contributed by atoms with Crippen molar-refractivity contribution in [3.8, 4) is 16.9 Å².